The average molecular weight is 311 g/mol. The van der Waals surface area contributed by atoms with E-state index in [-0.39, 0.29) is 0 Å². The molecule has 0 amide bonds. The third-order valence-electron chi connectivity index (χ3n) is 2.12. The molecule has 6 nitrogen and oxygen atoms in total. The van der Waals surface area contributed by atoms with Gasteiger partial charge in [0.25, 0.3) is 0 Å². The summed E-state index contributed by atoms with van der Waals surface area (Å²) in [4.78, 5) is 19.8. The highest BCUT2D eigenvalue weighted by Gasteiger charge is 2.11. The van der Waals surface area contributed by atoms with Gasteiger partial charge in [0.1, 0.15) is 10.4 Å². The molecule has 0 bridgehead atoms. The van der Waals surface area contributed by atoms with Crippen LogP contribution in [0.4, 0.5) is 0 Å². The van der Waals surface area contributed by atoms with Gasteiger partial charge < -0.3 is 4.74 Å². The van der Waals surface area contributed by atoms with Crippen molar-refractivity contribution in [2.24, 2.45) is 0 Å². The number of halogens is 1. The summed E-state index contributed by atoms with van der Waals surface area (Å²) in [6.45, 7) is 3.87. The Morgan fingerprint density at radius 1 is 1.50 bits per heavy atom. The number of ether oxygens (including phenoxy) is 1. The van der Waals surface area contributed by atoms with E-state index >= 15 is 0 Å². The normalized spacial score (nSPS) is 10.4. The molecule has 2 aromatic rings. The first-order valence-corrected chi connectivity index (χ1v) is 6.13. The second-order valence-corrected chi connectivity index (χ2v) is 4.30. The molecule has 0 fully saturated rings. The van der Waals surface area contributed by atoms with Crippen LogP contribution in [0, 0.1) is 6.92 Å². The van der Waals surface area contributed by atoms with E-state index in [0.717, 1.165) is 0 Å². The van der Waals surface area contributed by atoms with E-state index in [0.29, 0.717) is 28.4 Å². The molecule has 18 heavy (non-hydrogen) atoms. The van der Waals surface area contributed by atoms with Gasteiger partial charge in [0, 0.05) is 12.3 Å². The number of rotatable bonds is 3. The molecule has 0 aromatic carbocycles. The topological polar surface area (TPSA) is 69.9 Å². The van der Waals surface area contributed by atoms with Crippen LogP contribution in [-0.4, -0.2) is 32.3 Å². The summed E-state index contributed by atoms with van der Waals surface area (Å²) in [7, 11) is 0. The number of hydrogen-bond acceptors (Lipinski definition) is 5. The van der Waals surface area contributed by atoms with Crippen molar-refractivity contribution in [1.82, 2.24) is 19.7 Å². The zero-order chi connectivity index (χ0) is 13.1. The third kappa shape index (κ3) is 2.73. The van der Waals surface area contributed by atoms with E-state index < -0.39 is 5.97 Å². The molecule has 2 rings (SSSR count). The van der Waals surface area contributed by atoms with Crippen molar-refractivity contribution < 1.29 is 9.53 Å². The smallest absolute Gasteiger partial charge is 0.341 e. The molecule has 0 saturated heterocycles. The van der Waals surface area contributed by atoms with Crippen LogP contribution in [0.5, 0.6) is 0 Å². The van der Waals surface area contributed by atoms with Gasteiger partial charge in [-0.25, -0.2) is 19.4 Å². The minimum atomic E-state index is -0.395. The number of carbonyl (C=O) groups is 1. The molecule has 0 radical (unpaired) electrons. The standard InChI is InChI=1S/C11H11BrN4O2/c1-3-18-11(17)8-5-13-16(6-8)10-4-9(12)14-7(2)15-10/h4-6H,3H2,1-2H3. The predicted octanol–water partition coefficient (Wildman–Crippen LogP) is 1.91. The monoisotopic (exact) mass is 310 g/mol. The first kappa shape index (κ1) is 12.7. The SMILES string of the molecule is CCOC(=O)c1cnn(-c2cc(Br)nc(C)n2)c1. The van der Waals surface area contributed by atoms with Crippen LogP contribution in [0.1, 0.15) is 23.1 Å². The molecule has 2 aromatic heterocycles. The number of esters is 1. The lowest BCUT2D eigenvalue weighted by Crippen LogP contribution is -2.04. The zero-order valence-electron chi connectivity index (χ0n) is 9.92. The van der Waals surface area contributed by atoms with E-state index in [4.69, 9.17) is 4.74 Å². The summed E-state index contributed by atoms with van der Waals surface area (Å²) in [6, 6.07) is 1.72. The van der Waals surface area contributed by atoms with E-state index in [1.54, 1.807) is 26.1 Å². The number of aryl methyl sites for hydroxylation is 1. The van der Waals surface area contributed by atoms with Crippen LogP contribution in [0.3, 0.4) is 0 Å². The van der Waals surface area contributed by atoms with Crippen LogP contribution in [0.2, 0.25) is 0 Å². The van der Waals surface area contributed by atoms with Crippen molar-refractivity contribution in [2.45, 2.75) is 13.8 Å². The van der Waals surface area contributed by atoms with Crippen LogP contribution in [-0.2, 0) is 4.74 Å². The Morgan fingerprint density at radius 3 is 2.94 bits per heavy atom. The molecule has 0 unspecified atom stereocenters. The second kappa shape index (κ2) is 5.26. The number of carbonyl (C=O) groups excluding carboxylic acids is 1. The van der Waals surface area contributed by atoms with Crippen LogP contribution < -0.4 is 0 Å². The molecular formula is C11H11BrN4O2. The molecular weight excluding hydrogens is 300 g/mol. The summed E-state index contributed by atoms with van der Waals surface area (Å²) in [5.74, 6) is 0.811. The quantitative estimate of drug-likeness (QED) is 0.640. The Labute approximate surface area is 112 Å². The highest BCUT2D eigenvalue weighted by atomic mass is 79.9. The van der Waals surface area contributed by atoms with Crippen molar-refractivity contribution in [2.75, 3.05) is 6.61 Å². The number of hydrogen-bond donors (Lipinski definition) is 0. The minimum Gasteiger partial charge on any atom is -0.462 e. The van der Waals surface area contributed by atoms with Crippen molar-refractivity contribution in [3.63, 3.8) is 0 Å². The van der Waals surface area contributed by atoms with Gasteiger partial charge in [-0.05, 0) is 29.8 Å². The maximum absolute atomic E-state index is 11.5. The van der Waals surface area contributed by atoms with Crippen LogP contribution in [0.15, 0.2) is 23.1 Å². The summed E-state index contributed by atoms with van der Waals surface area (Å²) >= 11 is 3.29. The van der Waals surface area contributed by atoms with Crippen LogP contribution >= 0.6 is 15.9 Å². The molecule has 94 valence electrons. The lowest BCUT2D eigenvalue weighted by Gasteiger charge is -2.01. The fraction of sp³-hybridized carbons (Fsp3) is 0.273. The van der Waals surface area contributed by atoms with Gasteiger partial charge in [-0.1, -0.05) is 0 Å². The fourth-order valence-corrected chi connectivity index (χ4v) is 1.86. The molecule has 0 aliphatic heterocycles. The van der Waals surface area contributed by atoms with Gasteiger partial charge in [-0.3, -0.25) is 0 Å². The molecule has 0 N–H and O–H groups in total. The zero-order valence-corrected chi connectivity index (χ0v) is 11.5. The Bertz CT molecular complexity index is 562. The van der Waals surface area contributed by atoms with Gasteiger partial charge in [0.15, 0.2) is 5.82 Å². The lowest BCUT2D eigenvalue weighted by atomic mass is 10.4. The van der Waals surface area contributed by atoms with Gasteiger partial charge in [0.05, 0.1) is 18.4 Å². The summed E-state index contributed by atoms with van der Waals surface area (Å²) in [6.07, 6.45) is 3.02. The van der Waals surface area contributed by atoms with Crippen molar-refractivity contribution >= 4 is 21.9 Å². The number of aromatic nitrogens is 4. The van der Waals surface area contributed by atoms with Gasteiger partial charge in [0.2, 0.25) is 0 Å². The molecule has 0 saturated carbocycles. The largest absolute Gasteiger partial charge is 0.462 e. The predicted molar refractivity (Wildman–Crippen MR) is 67.5 cm³/mol. The van der Waals surface area contributed by atoms with Crippen LogP contribution in [0.25, 0.3) is 5.82 Å². The Morgan fingerprint density at radius 2 is 2.28 bits per heavy atom. The van der Waals surface area contributed by atoms with Crippen molar-refractivity contribution in [3.8, 4) is 5.82 Å². The van der Waals surface area contributed by atoms with E-state index in [2.05, 4.69) is 31.0 Å². The molecule has 2 heterocycles. The minimum absolute atomic E-state index is 0.335. The van der Waals surface area contributed by atoms with Gasteiger partial charge >= 0.3 is 5.97 Å². The third-order valence-corrected chi connectivity index (χ3v) is 2.53. The highest BCUT2D eigenvalue weighted by Crippen LogP contribution is 2.12. The van der Waals surface area contributed by atoms with Crippen molar-refractivity contribution in [3.05, 3.63) is 34.5 Å². The molecule has 7 heteroatoms. The fourth-order valence-electron chi connectivity index (χ4n) is 1.40. The number of nitrogens with zero attached hydrogens (tertiary/aromatic N) is 4. The summed E-state index contributed by atoms with van der Waals surface area (Å²) in [5.41, 5.74) is 0.393. The molecule has 0 spiro atoms. The summed E-state index contributed by atoms with van der Waals surface area (Å²) in [5, 5.41) is 4.08. The maximum Gasteiger partial charge on any atom is 0.341 e. The van der Waals surface area contributed by atoms with E-state index in [1.165, 1.54) is 10.9 Å². The molecule has 0 aliphatic carbocycles. The average Bonchev–Trinajstić information content (AvgIpc) is 2.77. The van der Waals surface area contributed by atoms with Crippen molar-refractivity contribution in [1.29, 1.82) is 0 Å². The Hall–Kier alpha value is -1.76. The van der Waals surface area contributed by atoms with E-state index in [1.807, 2.05) is 0 Å². The first-order chi connectivity index (χ1) is 8.60. The molecule has 0 aliphatic rings. The maximum atomic E-state index is 11.5. The van der Waals surface area contributed by atoms with E-state index in [9.17, 15) is 4.79 Å². The second-order valence-electron chi connectivity index (χ2n) is 3.49. The highest BCUT2D eigenvalue weighted by molar-refractivity contribution is 9.10. The first-order valence-electron chi connectivity index (χ1n) is 5.33. The Kier molecular flexibility index (Phi) is 3.71. The van der Waals surface area contributed by atoms with Gasteiger partial charge in [-0.15, -0.1) is 0 Å². The summed E-state index contributed by atoms with van der Waals surface area (Å²) < 4.78 is 7.06. The van der Waals surface area contributed by atoms with Gasteiger partial charge in [-0.2, -0.15) is 5.10 Å². The molecule has 0 atom stereocenters. The Balaban J connectivity index is 2.32. The lowest BCUT2D eigenvalue weighted by molar-refractivity contribution is 0.0526.